The predicted molar refractivity (Wildman–Crippen MR) is 58.5 cm³/mol. The minimum Gasteiger partial charge on any atom is -0.375 e. The van der Waals surface area contributed by atoms with E-state index >= 15 is 0 Å². The van der Waals surface area contributed by atoms with Crippen molar-refractivity contribution < 1.29 is 0 Å². The van der Waals surface area contributed by atoms with Gasteiger partial charge in [0.2, 0.25) is 0 Å². The number of rotatable bonds is 3. The maximum atomic E-state index is 4.10. The third-order valence-electron chi connectivity index (χ3n) is 2.62. The highest BCUT2D eigenvalue weighted by Crippen LogP contribution is 2.27. The Labute approximate surface area is 81.4 Å². The molecule has 0 bridgehead atoms. The Morgan fingerprint density at radius 2 is 2.15 bits per heavy atom. The van der Waals surface area contributed by atoms with Crippen LogP contribution in [0.5, 0.6) is 0 Å². The van der Waals surface area contributed by atoms with Crippen LogP contribution in [0.2, 0.25) is 0 Å². The first-order chi connectivity index (χ1) is 6.20. The first-order valence-electron chi connectivity index (χ1n) is 4.99. The number of hydrogen-bond acceptors (Lipinski definition) is 1. The molecule has 72 valence electrons. The summed E-state index contributed by atoms with van der Waals surface area (Å²) in [6, 6.07) is 0. The van der Waals surface area contributed by atoms with Gasteiger partial charge in [0.1, 0.15) is 0 Å². The molecule has 0 spiro atoms. The summed E-state index contributed by atoms with van der Waals surface area (Å²) in [5, 5.41) is 0. The maximum absolute atomic E-state index is 4.10. The Bertz CT molecular complexity index is 258. The van der Waals surface area contributed by atoms with Crippen molar-refractivity contribution >= 4 is 0 Å². The molecule has 1 rings (SSSR count). The Morgan fingerprint density at radius 1 is 1.46 bits per heavy atom. The van der Waals surface area contributed by atoms with Crippen molar-refractivity contribution in [2.75, 3.05) is 13.6 Å². The van der Waals surface area contributed by atoms with Crippen molar-refractivity contribution in [3.05, 3.63) is 35.6 Å². The number of nitrogens with zero attached hydrogens (tertiary/aromatic N) is 1. The fraction of sp³-hybridized carbons (Fsp3) is 0.500. The standard InChI is InChI=1S/C12H19N/c1-5-11-10(3)8-7-9-12(11)13(4)6-2/h7,9H,3,5-6,8H2,1-2,4H3. The van der Waals surface area contributed by atoms with Crippen LogP contribution in [-0.4, -0.2) is 18.5 Å². The van der Waals surface area contributed by atoms with Crippen molar-refractivity contribution in [2.24, 2.45) is 0 Å². The lowest BCUT2D eigenvalue weighted by Crippen LogP contribution is -2.19. The molecule has 0 saturated heterocycles. The Hall–Kier alpha value is -0.980. The van der Waals surface area contributed by atoms with Crippen LogP contribution < -0.4 is 0 Å². The SMILES string of the molecule is C=C1CC=CC(N(C)CC)=C1CC. The van der Waals surface area contributed by atoms with Gasteiger partial charge in [-0.25, -0.2) is 0 Å². The topological polar surface area (TPSA) is 3.24 Å². The summed E-state index contributed by atoms with van der Waals surface area (Å²) < 4.78 is 0. The molecular formula is C12H19N. The second-order valence-electron chi connectivity index (χ2n) is 3.44. The molecule has 0 heterocycles. The highest BCUT2D eigenvalue weighted by atomic mass is 15.1. The smallest absolute Gasteiger partial charge is 0.0395 e. The van der Waals surface area contributed by atoms with Gasteiger partial charge < -0.3 is 4.90 Å². The van der Waals surface area contributed by atoms with Crippen LogP contribution in [-0.2, 0) is 0 Å². The number of allylic oxidation sites excluding steroid dienone is 4. The van der Waals surface area contributed by atoms with Gasteiger partial charge in [0.25, 0.3) is 0 Å². The Balaban J connectivity index is 2.99. The fourth-order valence-electron chi connectivity index (χ4n) is 1.68. The average molecular weight is 177 g/mol. The number of likely N-dealkylation sites (N-methyl/N-ethyl adjacent to an activating group) is 1. The predicted octanol–water partition coefficient (Wildman–Crippen LogP) is 3.12. The molecule has 0 amide bonds. The zero-order valence-corrected chi connectivity index (χ0v) is 8.93. The molecule has 0 aromatic heterocycles. The van der Waals surface area contributed by atoms with Crippen LogP contribution in [0.3, 0.4) is 0 Å². The van der Waals surface area contributed by atoms with Crippen molar-refractivity contribution in [1.82, 2.24) is 4.90 Å². The zero-order valence-electron chi connectivity index (χ0n) is 8.93. The largest absolute Gasteiger partial charge is 0.375 e. The first-order valence-corrected chi connectivity index (χ1v) is 4.99. The molecule has 0 unspecified atom stereocenters. The average Bonchev–Trinajstić information content (AvgIpc) is 2.16. The van der Waals surface area contributed by atoms with Crippen LogP contribution in [0.1, 0.15) is 26.7 Å². The zero-order chi connectivity index (χ0) is 9.84. The first kappa shape index (κ1) is 10.1. The van der Waals surface area contributed by atoms with E-state index in [-0.39, 0.29) is 0 Å². The van der Waals surface area contributed by atoms with Crippen molar-refractivity contribution in [3.8, 4) is 0 Å². The lowest BCUT2D eigenvalue weighted by Gasteiger charge is -2.25. The summed E-state index contributed by atoms with van der Waals surface area (Å²) in [4.78, 5) is 2.28. The quantitative estimate of drug-likeness (QED) is 0.640. The molecule has 1 nitrogen and oxygen atoms in total. The molecule has 1 aliphatic carbocycles. The minimum atomic E-state index is 1.02. The van der Waals surface area contributed by atoms with Gasteiger partial charge in [0.05, 0.1) is 0 Å². The highest BCUT2D eigenvalue weighted by Gasteiger charge is 2.12. The molecule has 13 heavy (non-hydrogen) atoms. The van der Waals surface area contributed by atoms with E-state index in [0.717, 1.165) is 19.4 Å². The summed E-state index contributed by atoms with van der Waals surface area (Å²) in [7, 11) is 2.13. The molecule has 0 aromatic carbocycles. The van der Waals surface area contributed by atoms with Gasteiger partial charge in [-0.2, -0.15) is 0 Å². The summed E-state index contributed by atoms with van der Waals surface area (Å²) in [5.41, 5.74) is 4.05. The van der Waals surface area contributed by atoms with Gasteiger partial charge >= 0.3 is 0 Å². The van der Waals surface area contributed by atoms with Gasteiger partial charge in [-0.3, -0.25) is 0 Å². The lowest BCUT2D eigenvalue weighted by atomic mass is 9.95. The third-order valence-corrected chi connectivity index (χ3v) is 2.62. The molecule has 1 aliphatic rings. The molecule has 0 saturated carbocycles. The van der Waals surface area contributed by atoms with Crippen LogP contribution in [0.25, 0.3) is 0 Å². The van der Waals surface area contributed by atoms with Gasteiger partial charge in [-0.05, 0) is 37.0 Å². The number of hydrogen-bond donors (Lipinski definition) is 0. The van der Waals surface area contributed by atoms with Gasteiger partial charge in [-0.1, -0.05) is 19.6 Å². The molecular weight excluding hydrogens is 158 g/mol. The van der Waals surface area contributed by atoms with Crippen LogP contribution in [0.15, 0.2) is 35.6 Å². The second-order valence-corrected chi connectivity index (χ2v) is 3.44. The second kappa shape index (κ2) is 4.31. The highest BCUT2D eigenvalue weighted by molar-refractivity contribution is 5.42. The summed E-state index contributed by atoms with van der Waals surface area (Å²) in [5.74, 6) is 0. The maximum Gasteiger partial charge on any atom is 0.0395 e. The third kappa shape index (κ3) is 2.03. The van der Waals surface area contributed by atoms with Crippen LogP contribution in [0, 0.1) is 0 Å². The molecule has 0 radical (unpaired) electrons. The fourth-order valence-corrected chi connectivity index (χ4v) is 1.68. The van der Waals surface area contributed by atoms with E-state index in [1.807, 2.05) is 0 Å². The van der Waals surface area contributed by atoms with E-state index in [1.54, 1.807) is 0 Å². The van der Waals surface area contributed by atoms with E-state index < -0.39 is 0 Å². The van der Waals surface area contributed by atoms with E-state index in [1.165, 1.54) is 16.8 Å². The molecule has 0 aliphatic heterocycles. The monoisotopic (exact) mass is 177 g/mol. The van der Waals surface area contributed by atoms with Crippen molar-refractivity contribution in [3.63, 3.8) is 0 Å². The van der Waals surface area contributed by atoms with Gasteiger partial charge in [0.15, 0.2) is 0 Å². The molecule has 0 N–H and O–H groups in total. The minimum absolute atomic E-state index is 1.02. The van der Waals surface area contributed by atoms with E-state index in [2.05, 4.69) is 44.5 Å². The van der Waals surface area contributed by atoms with Crippen LogP contribution >= 0.6 is 0 Å². The molecule has 1 heteroatoms. The van der Waals surface area contributed by atoms with E-state index in [0.29, 0.717) is 0 Å². The molecule has 0 fully saturated rings. The normalized spacial score (nSPS) is 16.7. The molecule has 0 aromatic rings. The van der Waals surface area contributed by atoms with Crippen LogP contribution in [0.4, 0.5) is 0 Å². The lowest BCUT2D eigenvalue weighted by molar-refractivity contribution is 0.448. The molecule has 0 atom stereocenters. The van der Waals surface area contributed by atoms with Crippen molar-refractivity contribution in [1.29, 1.82) is 0 Å². The Kier molecular flexibility index (Phi) is 3.35. The van der Waals surface area contributed by atoms with Gasteiger partial charge in [0, 0.05) is 19.3 Å². The van der Waals surface area contributed by atoms with Crippen molar-refractivity contribution in [2.45, 2.75) is 26.7 Å². The van der Waals surface area contributed by atoms with Gasteiger partial charge in [-0.15, -0.1) is 0 Å². The summed E-state index contributed by atoms with van der Waals surface area (Å²) >= 11 is 0. The van der Waals surface area contributed by atoms with E-state index in [9.17, 15) is 0 Å². The summed E-state index contributed by atoms with van der Waals surface area (Å²) in [6.07, 6.45) is 6.52. The van der Waals surface area contributed by atoms with E-state index in [4.69, 9.17) is 0 Å². The summed E-state index contributed by atoms with van der Waals surface area (Å²) in [6.45, 7) is 9.52. The Morgan fingerprint density at radius 3 is 2.69 bits per heavy atom.